The number of carbonyl (C=O) groups excluding carboxylic acids is 1. The lowest BCUT2D eigenvalue weighted by Gasteiger charge is -2.26. The Balaban J connectivity index is 1.56. The monoisotopic (exact) mass is 332 g/mol. The molecule has 106 valence electrons. The van der Waals surface area contributed by atoms with E-state index in [1.165, 1.54) is 10.4 Å². The summed E-state index contributed by atoms with van der Waals surface area (Å²) in [5.41, 5.74) is 1.86. The zero-order valence-corrected chi connectivity index (χ0v) is 13.6. The number of amides is 1. The van der Waals surface area contributed by atoms with Crippen LogP contribution >= 0.6 is 34.0 Å². The summed E-state index contributed by atoms with van der Waals surface area (Å²) in [5.74, 6) is 0.0471. The van der Waals surface area contributed by atoms with Crippen LogP contribution in [0.15, 0.2) is 34.3 Å². The molecule has 6 heteroatoms. The molecule has 0 N–H and O–H groups in total. The lowest BCUT2D eigenvalue weighted by Crippen LogP contribution is -2.35. The van der Waals surface area contributed by atoms with E-state index < -0.39 is 0 Å². The highest BCUT2D eigenvalue weighted by atomic mass is 32.1. The van der Waals surface area contributed by atoms with E-state index in [0.29, 0.717) is 12.2 Å². The lowest BCUT2D eigenvalue weighted by atomic mass is 10.1. The molecular weight excluding hydrogens is 320 g/mol. The zero-order chi connectivity index (χ0) is 14.2. The first-order valence-corrected chi connectivity index (χ1v) is 9.29. The minimum absolute atomic E-state index is 0.0471. The van der Waals surface area contributed by atoms with Crippen LogP contribution in [0.4, 0.5) is 0 Å². The number of fused-ring (bicyclic) bond motifs is 1. The Morgan fingerprint density at radius 3 is 3.00 bits per heavy atom. The minimum atomic E-state index is 0.0471. The fourth-order valence-electron chi connectivity index (χ4n) is 2.47. The van der Waals surface area contributed by atoms with Gasteiger partial charge in [-0.3, -0.25) is 4.79 Å². The average molecular weight is 332 g/mol. The Morgan fingerprint density at radius 2 is 2.14 bits per heavy atom. The van der Waals surface area contributed by atoms with E-state index in [-0.39, 0.29) is 5.91 Å². The standard InChI is InChI=1S/C15H12N2OS3/c18-15(17-5-3-12-10(8-17)4-7-20-12)11-9-21-14(16-11)13-2-1-6-19-13/h1-2,4,6-7,9H,3,5,8H2. The van der Waals surface area contributed by atoms with Gasteiger partial charge in [-0.1, -0.05) is 6.07 Å². The number of carbonyl (C=O) groups is 1. The quantitative estimate of drug-likeness (QED) is 0.707. The molecule has 0 fully saturated rings. The highest BCUT2D eigenvalue weighted by Gasteiger charge is 2.24. The van der Waals surface area contributed by atoms with E-state index in [0.717, 1.165) is 22.9 Å². The molecule has 4 rings (SSSR count). The minimum Gasteiger partial charge on any atom is -0.333 e. The third-order valence-corrected chi connectivity index (χ3v) is 6.45. The number of thiazole rings is 1. The second-order valence-electron chi connectivity index (χ2n) is 4.86. The molecule has 0 saturated carbocycles. The molecule has 1 amide bonds. The van der Waals surface area contributed by atoms with Gasteiger partial charge >= 0.3 is 0 Å². The number of nitrogens with zero attached hydrogens (tertiary/aromatic N) is 2. The van der Waals surface area contributed by atoms with Crippen LogP contribution in [0.1, 0.15) is 20.9 Å². The predicted octanol–water partition coefficient (Wildman–Crippen LogP) is 4.13. The van der Waals surface area contributed by atoms with Gasteiger partial charge in [-0.25, -0.2) is 4.98 Å². The van der Waals surface area contributed by atoms with Crippen molar-refractivity contribution in [3.63, 3.8) is 0 Å². The van der Waals surface area contributed by atoms with Gasteiger partial charge in [-0.05, 0) is 34.9 Å². The fraction of sp³-hybridized carbons (Fsp3) is 0.200. The van der Waals surface area contributed by atoms with Gasteiger partial charge in [0.2, 0.25) is 0 Å². The molecule has 0 spiro atoms. The van der Waals surface area contributed by atoms with Crippen molar-refractivity contribution in [1.82, 2.24) is 9.88 Å². The van der Waals surface area contributed by atoms with Crippen LogP contribution in [0.5, 0.6) is 0 Å². The summed E-state index contributed by atoms with van der Waals surface area (Å²) in [6, 6.07) is 6.17. The van der Waals surface area contributed by atoms with Crippen molar-refractivity contribution in [2.75, 3.05) is 6.54 Å². The van der Waals surface area contributed by atoms with Crippen molar-refractivity contribution < 1.29 is 4.79 Å². The maximum atomic E-state index is 12.6. The van der Waals surface area contributed by atoms with Crippen LogP contribution in [0.25, 0.3) is 9.88 Å². The second-order valence-corrected chi connectivity index (χ2v) is 7.67. The molecule has 0 atom stereocenters. The van der Waals surface area contributed by atoms with Crippen LogP contribution in [0.2, 0.25) is 0 Å². The predicted molar refractivity (Wildman–Crippen MR) is 88.2 cm³/mol. The van der Waals surface area contributed by atoms with Gasteiger partial charge in [0.05, 0.1) is 4.88 Å². The number of hydrogen-bond acceptors (Lipinski definition) is 5. The van der Waals surface area contributed by atoms with Crippen molar-refractivity contribution in [2.45, 2.75) is 13.0 Å². The molecule has 0 bridgehead atoms. The molecule has 4 heterocycles. The van der Waals surface area contributed by atoms with Gasteiger partial charge in [0.25, 0.3) is 5.91 Å². The lowest BCUT2D eigenvalue weighted by molar-refractivity contribution is 0.0731. The van der Waals surface area contributed by atoms with E-state index in [1.807, 2.05) is 27.8 Å². The third kappa shape index (κ3) is 2.43. The van der Waals surface area contributed by atoms with Crippen molar-refractivity contribution >= 4 is 39.9 Å². The van der Waals surface area contributed by atoms with Gasteiger partial charge < -0.3 is 4.90 Å². The largest absolute Gasteiger partial charge is 0.333 e. The van der Waals surface area contributed by atoms with Gasteiger partial charge in [-0.2, -0.15) is 0 Å². The van der Waals surface area contributed by atoms with Crippen LogP contribution < -0.4 is 0 Å². The molecule has 0 aromatic carbocycles. The molecule has 3 aromatic rings. The summed E-state index contributed by atoms with van der Waals surface area (Å²) in [5, 5.41) is 6.94. The van der Waals surface area contributed by atoms with Crippen LogP contribution in [-0.2, 0) is 13.0 Å². The molecule has 0 aliphatic carbocycles. The van der Waals surface area contributed by atoms with E-state index in [1.54, 1.807) is 34.0 Å². The Kier molecular flexibility index (Phi) is 3.37. The summed E-state index contributed by atoms with van der Waals surface area (Å²) in [6.45, 7) is 1.50. The SMILES string of the molecule is O=C(c1csc(-c2cccs2)n1)N1CCc2sccc2C1. The Morgan fingerprint density at radius 1 is 1.19 bits per heavy atom. The summed E-state index contributed by atoms with van der Waals surface area (Å²) in [6.07, 6.45) is 0.959. The molecule has 1 aliphatic heterocycles. The Hall–Kier alpha value is -1.50. The first-order chi connectivity index (χ1) is 10.3. The van der Waals surface area contributed by atoms with Crippen molar-refractivity contribution in [3.8, 4) is 9.88 Å². The smallest absolute Gasteiger partial charge is 0.273 e. The van der Waals surface area contributed by atoms with Gasteiger partial charge in [0.1, 0.15) is 10.7 Å². The van der Waals surface area contributed by atoms with Crippen molar-refractivity contribution in [1.29, 1.82) is 0 Å². The summed E-state index contributed by atoms with van der Waals surface area (Å²) in [7, 11) is 0. The highest BCUT2D eigenvalue weighted by molar-refractivity contribution is 7.20. The van der Waals surface area contributed by atoms with Crippen molar-refractivity contribution in [2.24, 2.45) is 0 Å². The third-order valence-electron chi connectivity index (χ3n) is 3.55. The first-order valence-electron chi connectivity index (χ1n) is 6.65. The molecular formula is C15H12N2OS3. The molecule has 0 saturated heterocycles. The maximum absolute atomic E-state index is 12.6. The average Bonchev–Trinajstić information content (AvgIpc) is 3.24. The topological polar surface area (TPSA) is 33.2 Å². The summed E-state index contributed by atoms with van der Waals surface area (Å²) in [4.78, 5) is 21.5. The van der Waals surface area contributed by atoms with Crippen LogP contribution in [0, 0.1) is 0 Å². The fourth-order valence-corrected chi connectivity index (χ4v) is 4.97. The normalized spacial score (nSPS) is 14.2. The molecule has 3 aromatic heterocycles. The number of aromatic nitrogens is 1. The maximum Gasteiger partial charge on any atom is 0.273 e. The van der Waals surface area contributed by atoms with Crippen LogP contribution in [-0.4, -0.2) is 22.3 Å². The molecule has 0 radical (unpaired) electrons. The van der Waals surface area contributed by atoms with Gasteiger partial charge in [0, 0.05) is 23.3 Å². The van der Waals surface area contributed by atoms with E-state index >= 15 is 0 Å². The number of hydrogen-bond donors (Lipinski definition) is 0. The highest BCUT2D eigenvalue weighted by Crippen LogP contribution is 2.29. The van der Waals surface area contributed by atoms with E-state index in [9.17, 15) is 4.79 Å². The number of thiophene rings is 2. The molecule has 0 unspecified atom stereocenters. The van der Waals surface area contributed by atoms with Crippen molar-refractivity contribution in [3.05, 3.63) is 50.5 Å². The molecule has 1 aliphatic rings. The first kappa shape index (κ1) is 13.2. The Labute approximate surface area is 134 Å². The number of rotatable bonds is 2. The zero-order valence-electron chi connectivity index (χ0n) is 11.1. The van der Waals surface area contributed by atoms with E-state index in [2.05, 4.69) is 16.4 Å². The van der Waals surface area contributed by atoms with Gasteiger partial charge in [0.15, 0.2) is 0 Å². The van der Waals surface area contributed by atoms with E-state index in [4.69, 9.17) is 0 Å². The molecule has 21 heavy (non-hydrogen) atoms. The summed E-state index contributed by atoms with van der Waals surface area (Å²) < 4.78 is 0. The Bertz CT molecular complexity index is 773. The summed E-state index contributed by atoms with van der Waals surface area (Å²) >= 11 is 4.98. The van der Waals surface area contributed by atoms with Gasteiger partial charge in [-0.15, -0.1) is 34.0 Å². The van der Waals surface area contributed by atoms with Crippen LogP contribution in [0.3, 0.4) is 0 Å². The second kappa shape index (κ2) is 5.36. The molecule has 3 nitrogen and oxygen atoms in total.